The molecule has 1 heterocycles. The Kier molecular flexibility index (Phi) is 4.88. The average molecular weight is 414 g/mol. The van der Waals surface area contributed by atoms with Gasteiger partial charge >= 0.3 is 8.17 Å². The minimum atomic E-state index is -4.08. The zero-order chi connectivity index (χ0) is 16.7. The van der Waals surface area contributed by atoms with Crippen LogP contribution in [0.3, 0.4) is 0 Å². The number of para-hydroxylation sites is 2. The Morgan fingerprint density at radius 2 is 1.70 bits per heavy atom. The van der Waals surface area contributed by atoms with E-state index in [-0.39, 0.29) is 16.5 Å². The molecule has 2 unspecified atom stereocenters. The van der Waals surface area contributed by atoms with Gasteiger partial charge in [0.15, 0.2) is 11.9 Å². The number of halogens is 4. The van der Waals surface area contributed by atoms with Gasteiger partial charge in [-0.25, -0.2) is 0 Å². The van der Waals surface area contributed by atoms with Gasteiger partial charge in [-0.1, -0.05) is 76.7 Å². The topological polar surface area (TPSA) is 50.8 Å². The second-order valence-electron chi connectivity index (χ2n) is 4.63. The van der Waals surface area contributed by atoms with Gasteiger partial charge in [0.05, 0.1) is 5.02 Å². The second kappa shape index (κ2) is 6.45. The molecule has 3 rings (SSSR count). The van der Waals surface area contributed by atoms with E-state index in [0.717, 1.165) is 0 Å². The van der Waals surface area contributed by atoms with E-state index in [9.17, 15) is 4.89 Å². The van der Waals surface area contributed by atoms with Gasteiger partial charge in [0.25, 0.3) is 0 Å². The molecule has 2 aromatic carbocycles. The number of benzene rings is 2. The third-order valence-electron chi connectivity index (χ3n) is 2.99. The molecule has 1 aliphatic rings. The fourth-order valence-electron chi connectivity index (χ4n) is 2.02. The lowest BCUT2D eigenvalue weighted by atomic mass is 10.1. The second-order valence-corrected chi connectivity index (χ2v) is 8.87. The molecular weight excluding hydrogens is 405 g/mol. The summed E-state index contributed by atoms with van der Waals surface area (Å²) in [5.74, 6) is 0.394. The predicted molar refractivity (Wildman–Crippen MR) is 90.2 cm³/mol. The van der Waals surface area contributed by atoms with Gasteiger partial charge < -0.3 is 4.89 Å². The highest BCUT2D eigenvalue weighted by molar-refractivity contribution is 7.54. The number of alkyl halides is 3. The van der Waals surface area contributed by atoms with Crippen LogP contribution in [0.25, 0.3) is 0 Å². The fourth-order valence-corrected chi connectivity index (χ4v) is 4.38. The SMILES string of the molecule is [O-][P+]1(Oc2ccccc2Cl)Oc2ccccc2C(C(Cl)(Cl)Cl)O1. The Labute approximate surface area is 153 Å². The molecule has 122 valence electrons. The molecule has 0 N–H and O–H groups in total. The summed E-state index contributed by atoms with van der Waals surface area (Å²) in [7, 11) is -4.08. The molecule has 2 aromatic rings. The van der Waals surface area contributed by atoms with Crippen LogP contribution in [-0.4, -0.2) is 3.79 Å². The van der Waals surface area contributed by atoms with Crippen molar-refractivity contribution in [3.63, 3.8) is 0 Å². The summed E-state index contributed by atoms with van der Waals surface area (Å²) >= 11 is 23.8. The minimum absolute atomic E-state index is 0.139. The van der Waals surface area contributed by atoms with Crippen LogP contribution in [0, 0.1) is 0 Å². The zero-order valence-electron chi connectivity index (χ0n) is 11.3. The number of fused-ring (bicyclic) bond motifs is 1. The molecule has 0 fully saturated rings. The molecule has 2 atom stereocenters. The normalized spacial score (nSPS) is 23.8. The van der Waals surface area contributed by atoms with Crippen LogP contribution in [0.4, 0.5) is 0 Å². The zero-order valence-corrected chi connectivity index (χ0v) is 15.2. The molecule has 0 aliphatic carbocycles. The quantitative estimate of drug-likeness (QED) is 0.496. The first-order valence-electron chi connectivity index (χ1n) is 6.36. The van der Waals surface area contributed by atoms with Crippen LogP contribution in [0.15, 0.2) is 48.5 Å². The Hall–Kier alpha value is -0.450. The van der Waals surface area contributed by atoms with Gasteiger partial charge in [-0.2, -0.15) is 4.52 Å². The van der Waals surface area contributed by atoms with Crippen molar-refractivity contribution in [3.05, 3.63) is 59.1 Å². The van der Waals surface area contributed by atoms with E-state index in [1.807, 2.05) is 0 Å². The predicted octanol–water partition coefficient (Wildman–Crippen LogP) is 5.28. The smallest absolute Gasteiger partial charge is 0.473 e. The number of phosphoric acid groups is 1. The van der Waals surface area contributed by atoms with Crippen molar-refractivity contribution in [1.82, 2.24) is 0 Å². The highest BCUT2D eigenvalue weighted by atomic mass is 35.6. The van der Waals surface area contributed by atoms with Crippen LogP contribution < -0.4 is 13.9 Å². The molecule has 0 aromatic heterocycles. The van der Waals surface area contributed by atoms with Gasteiger partial charge in [-0.15, -0.1) is 0 Å². The van der Waals surface area contributed by atoms with E-state index in [1.165, 1.54) is 6.07 Å². The van der Waals surface area contributed by atoms with Crippen LogP contribution in [0.2, 0.25) is 5.02 Å². The summed E-state index contributed by atoms with van der Waals surface area (Å²) in [5, 5.41) is 0.249. The standard InChI is InChI=1S/C14H9Cl4O4P/c15-10-6-2-4-8-12(10)21-23(19)20-11-7-3-1-5-9(11)13(22-23)14(16,17)18/h1-8,13H. The van der Waals surface area contributed by atoms with E-state index in [0.29, 0.717) is 5.56 Å². The van der Waals surface area contributed by atoms with Crippen LogP contribution in [0.5, 0.6) is 11.5 Å². The Bertz CT molecular complexity index is 724. The van der Waals surface area contributed by atoms with E-state index in [1.54, 1.807) is 42.5 Å². The van der Waals surface area contributed by atoms with Crippen molar-refractivity contribution in [2.24, 2.45) is 0 Å². The van der Waals surface area contributed by atoms with E-state index in [4.69, 9.17) is 60.0 Å². The third kappa shape index (κ3) is 3.80. The summed E-state index contributed by atoms with van der Waals surface area (Å²) in [4.78, 5) is 12.9. The van der Waals surface area contributed by atoms with Crippen LogP contribution >= 0.6 is 54.6 Å². The molecule has 4 nitrogen and oxygen atoms in total. The van der Waals surface area contributed by atoms with Gasteiger partial charge in [-0.05, 0) is 18.2 Å². The highest BCUT2D eigenvalue weighted by Crippen LogP contribution is 2.65. The Morgan fingerprint density at radius 1 is 1.04 bits per heavy atom. The molecule has 9 heteroatoms. The fraction of sp³-hybridized carbons (Fsp3) is 0.143. The summed E-state index contributed by atoms with van der Waals surface area (Å²) in [6.45, 7) is 0. The molecular formula is C14H9Cl4O4P. The molecule has 0 saturated carbocycles. The molecule has 23 heavy (non-hydrogen) atoms. The summed E-state index contributed by atoms with van der Waals surface area (Å²) in [5.41, 5.74) is 0.460. The number of hydrogen-bond acceptors (Lipinski definition) is 4. The lowest BCUT2D eigenvalue weighted by Crippen LogP contribution is -2.33. The number of hydrogen-bond donors (Lipinski definition) is 0. The average Bonchev–Trinajstić information content (AvgIpc) is 2.48. The molecule has 0 radical (unpaired) electrons. The first kappa shape index (κ1) is 17.4. The first-order chi connectivity index (χ1) is 10.8. The van der Waals surface area contributed by atoms with Gasteiger partial charge in [-0.3, -0.25) is 9.05 Å². The van der Waals surface area contributed by atoms with Crippen molar-refractivity contribution in [2.45, 2.75) is 9.90 Å². The molecule has 0 saturated heterocycles. The largest absolute Gasteiger partial charge is 0.591 e. The lowest BCUT2D eigenvalue weighted by molar-refractivity contribution is -0.238. The van der Waals surface area contributed by atoms with Crippen LogP contribution in [0.1, 0.15) is 11.7 Å². The Morgan fingerprint density at radius 3 is 2.39 bits per heavy atom. The number of phosphoric ester groups is 1. The highest BCUT2D eigenvalue weighted by Gasteiger charge is 2.53. The van der Waals surface area contributed by atoms with E-state index < -0.39 is 18.1 Å². The maximum atomic E-state index is 12.9. The van der Waals surface area contributed by atoms with Crippen molar-refractivity contribution in [3.8, 4) is 11.5 Å². The molecule has 0 spiro atoms. The maximum Gasteiger partial charge on any atom is 0.473 e. The molecule has 0 bridgehead atoms. The molecule has 0 amide bonds. The summed E-state index contributed by atoms with van der Waals surface area (Å²) in [6.07, 6.45) is -1.12. The third-order valence-corrected chi connectivity index (χ3v) is 5.21. The van der Waals surface area contributed by atoms with E-state index >= 15 is 0 Å². The maximum absolute atomic E-state index is 12.9. The van der Waals surface area contributed by atoms with Crippen molar-refractivity contribution in [1.29, 1.82) is 0 Å². The first-order valence-corrected chi connectivity index (χ1v) is 9.33. The van der Waals surface area contributed by atoms with Crippen LogP contribution in [-0.2, 0) is 4.52 Å². The lowest BCUT2D eigenvalue weighted by Gasteiger charge is -2.36. The van der Waals surface area contributed by atoms with Gasteiger partial charge in [0, 0.05) is 5.56 Å². The monoisotopic (exact) mass is 412 g/mol. The van der Waals surface area contributed by atoms with E-state index in [2.05, 4.69) is 0 Å². The van der Waals surface area contributed by atoms with Crippen molar-refractivity contribution < 1.29 is 18.5 Å². The summed E-state index contributed by atoms with van der Waals surface area (Å²) < 4.78 is 14.3. The van der Waals surface area contributed by atoms with Crippen molar-refractivity contribution in [2.75, 3.05) is 0 Å². The minimum Gasteiger partial charge on any atom is -0.591 e. The Balaban J connectivity index is 1.97. The number of rotatable bonds is 2. The summed E-state index contributed by atoms with van der Waals surface area (Å²) in [6, 6.07) is 13.1. The molecule has 1 aliphatic heterocycles. The van der Waals surface area contributed by atoms with Crippen molar-refractivity contribution >= 4 is 54.6 Å². The van der Waals surface area contributed by atoms with Gasteiger partial charge in [0.1, 0.15) is 0 Å². The van der Waals surface area contributed by atoms with Gasteiger partial charge in [0.2, 0.25) is 9.54 Å².